The third kappa shape index (κ3) is 1.85. The minimum atomic E-state index is -1.16. The van der Waals surface area contributed by atoms with Crippen molar-refractivity contribution in [2.45, 2.75) is 4.90 Å². The predicted molar refractivity (Wildman–Crippen MR) is 65.1 cm³/mol. The van der Waals surface area contributed by atoms with Gasteiger partial charge >= 0.3 is 11.9 Å². The summed E-state index contributed by atoms with van der Waals surface area (Å²) in [7, 11) is 0. The molecule has 0 aliphatic carbocycles. The van der Waals surface area contributed by atoms with Crippen molar-refractivity contribution < 1.29 is 19.8 Å². The van der Waals surface area contributed by atoms with Gasteiger partial charge in [0.15, 0.2) is 0 Å². The molecule has 4 nitrogen and oxygen atoms in total. The molecule has 0 saturated carbocycles. The normalized spacial score (nSPS) is 10.4. The molecule has 5 heteroatoms. The molecular formula is C12H8O4S. The van der Waals surface area contributed by atoms with Crippen LogP contribution in [-0.4, -0.2) is 22.2 Å². The van der Waals surface area contributed by atoms with E-state index in [1.165, 1.54) is 12.1 Å². The molecule has 0 radical (unpaired) electrons. The minimum absolute atomic E-state index is 0.0317. The lowest BCUT2D eigenvalue weighted by molar-refractivity contribution is 0.0695. The summed E-state index contributed by atoms with van der Waals surface area (Å²) in [5.74, 6) is -2.31. The number of aromatic carboxylic acids is 2. The largest absolute Gasteiger partial charge is 0.478 e. The van der Waals surface area contributed by atoms with E-state index in [-0.39, 0.29) is 16.5 Å². The maximum absolute atomic E-state index is 11.1. The quantitative estimate of drug-likeness (QED) is 0.714. The number of hydrogen-bond donors (Lipinski definition) is 3. The van der Waals surface area contributed by atoms with Crippen LogP contribution in [0.4, 0.5) is 0 Å². The first-order valence-corrected chi connectivity index (χ1v) is 5.18. The second-order valence-corrected chi connectivity index (χ2v) is 3.95. The Balaban J connectivity index is 2.99. The van der Waals surface area contributed by atoms with Crippen molar-refractivity contribution in [3.63, 3.8) is 0 Å². The fourth-order valence-electron chi connectivity index (χ4n) is 1.75. The van der Waals surface area contributed by atoms with Crippen LogP contribution in [0.5, 0.6) is 0 Å². The Morgan fingerprint density at radius 2 is 1.53 bits per heavy atom. The highest BCUT2D eigenvalue weighted by Gasteiger charge is 2.16. The number of thiol groups is 1. The zero-order chi connectivity index (χ0) is 12.6. The van der Waals surface area contributed by atoms with Crippen molar-refractivity contribution in [1.29, 1.82) is 0 Å². The lowest BCUT2D eigenvalue weighted by Gasteiger charge is -2.08. The highest BCUT2D eigenvalue weighted by atomic mass is 32.1. The number of carbonyl (C=O) groups is 2. The Morgan fingerprint density at radius 3 is 2.12 bits per heavy atom. The van der Waals surface area contributed by atoms with Crippen LogP contribution in [0.15, 0.2) is 35.2 Å². The molecule has 0 atom stereocenters. The van der Waals surface area contributed by atoms with E-state index in [0.29, 0.717) is 10.3 Å². The van der Waals surface area contributed by atoms with E-state index in [4.69, 9.17) is 10.2 Å². The van der Waals surface area contributed by atoms with E-state index >= 15 is 0 Å². The van der Waals surface area contributed by atoms with Crippen LogP contribution in [0.1, 0.15) is 20.7 Å². The Hall–Kier alpha value is -2.01. The summed E-state index contributed by atoms with van der Waals surface area (Å²) in [6, 6.07) is 7.50. The molecule has 2 rings (SSSR count). The minimum Gasteiger partial charge on any atom is -0.478 e. The molecule has 0 heterocycles. The summed E-state index contributed by atoms with van der Waals surface area (Å²) in [5.41, 5.74) is -0.0633. The summed E-state index contributed by atoms with van der Waals surface area (Å²) in [6.07, 6.45) is 0. The zero-order valence-electron chi connectivity index (χ0n) is 8.54. The lowest BCUT2D eigenvalue weighted by atomic mass is 9.99. The molecule has 0 bridgehead atoms. The Morgan fingerprint density at radius 1 is 0.941 bits per heavy atom. The third-order valence-electron chi connectivity index (χ3n) is 2.48. The SMILES string of the molecule is O=C(O)c1cccc2c(S)ccc(C(=O)O)c12. The van der Waals surface area contributed by atoms with E-state index in [1.807, 2.05) is 0 Å². The summed E-state index contributed by atoms with van der Waals surface area (Å²) in [5, 5.41) is 18.9. The van der Waals surface area contributed by atoms with Crippen molar-refractivity contribution in [1.82, 2.24) is 0 Å². The maximum atomic E-state index is 11.1. The number of fused-ring (bicyclic) bond motifs is 1. The standard InChI is InChI=1S/C12H8O4S/c13-11(14)7-3-1-2-6-9(17)5-4-8(10(6)7)12(15)16/h1-5,17H,(H,13,14)(H,15,16). The van der Waals surface area contributed by atoms with Crippen LogP contribution >= 0.6 is 12.6 Å². The summed E-state index contributed by atoms with van der Waals surface area (Å²) < 4.78 is 0. The topological polar surface area (TPSA) is 74.6 Å². The van der Waals surface area contributed by atoms with Gasteiger partial charge in [0.2, 0.25) is 0 Å². The fraction of sp³-hybridized carbons (Fsp3) is 0. The van der Waals surface area contributed by atoms with Gasteiger partial charge in [-0.15, -0.1) is 12.6 Å². The summed E-state index contributed by atoms with van der Waals surface area (Å²) in [4.78, 5) is 22.7. The van der Waals surface area contributed by atoms with Crippen LogP contribution in [0.3, 0.4) is 0 Å². The van der Waals surface area contributed by atoms with E-state index < -0.39 is 11.9 Å². The molecule has 0 aromatic heterocycles. The van der Waals surface area contributed by atoms with E-state index in [2.05, 4.69) is 12.6 Å². The molecule has 2 aromatic rings. The summed E-state index contributed by atoms with van der Waals surface area (Å²) in [6.45, 7) is 0. The summed E-state index contributed by atoms with van der Waals surface area (Å²) >= 11 is 4.20. The fourth-order valence-corrected chi connectivity index (χ4v) is 2.01. The molecule has 0 amide bonds. The average Bonchev–Trinajstić information content (AvgIpc) is 2.28. The van der Waals surface area contributed by atoms with Crippen molar-refractivity contribution in [3.8, 4) is 0 Å². The molecule has 2 N–H and O–H groups in total. The lowest BCUT2D eigenvalue weighted by Crippen LogP contribution is -2.04. The van der Waals surface area contributed by atoms with Crippen LogP contribution < -0.4 is 0 Å². The Bertz CT molecular complexity index is 613. The highest BCUT2D eigenvalue weighted by molar-refractivity contribution is 7.80. The number of hydrogen-bond acceptors (Lipinski definition) is 3. The van der Waals surface area contributed by atoms with Crippen molar-refractivity contribution in [2.75, 3.05) is 0 Å². The molecule has 17 heavy (non-hydrogen) atoms. The molecule has 86 valence electrons. The van der Waals surface area contributed by atoms with Crippen molar-refractivity contribution >= 4 is 35.3 Å². The van der Waals surface area contributed by atoms with Gasteiger partial charge in [-0.2, -0.15) is 0 Å². The third-order valence-corrected chi connectivity index (χ3v) is 2.87. The Kier molecular flexibility index (Phi) is 2.77. The first-order valence-electron chi connectivity index (χ1n) is 4.73. The van der Waals surface area contributed by atoms with Gasteiger partial charge in [0.1, 0.15) is 0 Å². The van der Waals surface area contributed by atoms with E-state index in [9.17, 15) is 9.59 Å². The molecule has 0 fully saturated rings. The van der Waals surface area contributed by atoms with Gasteiger partial charge in [-0.05, 0) is 23.6 Å². The number of benzene rings is 2. The number of carboxylic acids is 2. The number of carboxylic acid groups (broad SMARTS) is 2. The predicted octanol–water partition coefficient (Wildman–Crippen LogP) is 2.52. The highest BCUT2D eigenvalue weighted by Crippen LogP contribution is 2.28. The maximum Gasteiger partial charge on any atom is 0.336 e. The molecule has 0 aliphatic rings. The molecule has 0 unspecified atom stereocenters. The van der Waals surface area contributed by atoms with Gasteiger partial charge in [0.05, 0.1) is 11.1 Å². The van der Waals surface area contributed by atoms with Crippen LogP contribution in [0.2, 0.25) is 0 Å². The van der Waals surface area contributed by atoms with Crippen LogP contribution in [0, 0.1) is 0 Å². The molecule has 0 saturated heterocycles. The second-order valence-electron chi connectivity index (χ2n) is 3.47. The van der Waals surface area contributed by atoms with Gasteiger partial charge < -0.3 is 10.2 Å². The van der Waals surface area contributed by atoms with Crippen molar-refractivity contribution in [2.24, 2.45) is 0 Å². The average molecular weight is 248 g/mol. The van der Waals surface area contributed by atoms with Gasteiger partial charge in [-0.1, -0.05) is 12.1 Å². The van der Waals surface area contributed by atoms with Crippen molar-refractivity contribution in [3.05, 3.63) is 41.5 Å². The van der Waals surface area contributed by atoms with Gasteiger partial charge in [-0.25, -0.2) is 9.59 Å². The first kappa shape index (κ1) is 11.5. The number of rotatable bonds is 2. The molecular weight excluding hydrogens is 240 g/mol. The van der Waals surface area contributed by atoms with E-state index in [1.54, 1.807) is 18.2 Å². The van der Waals surface area contributed by atoms with Crippen LogP contribution in [0.25, 0.3) is 10.8 Å². The zero-order valence-corrected chi connectivity index (χ0v) is 9.44. The smallest absolute Gasteiger partial charge is 0.336 e. The molecule has 0 aliphatic heterocycles. The van der Waals surface area contributed by atoms with Crippen LogP contribution in [-0.2, 0) is 0 Å². The second kappa shape index (κ2) is 4.10. The van der Waals surface area contributed by atoms with Gasteiger partial charge in [-0.3, -0.25) is 0 Å². The molecule has 2 aromatic carbocycles. The van der Waals surface area contributed by atoms with Gasteiger partial charge in [0.25, 0.3) is 0 Å². The monoisotopic (exact) mass is 248 g/mol. The Labute approximate surface area is 102 Å². The first-order chi connectivity index (χ1) is 8.02. The van der Waals surface area contributed by atoms with Gasteiger partial charge in [0, 0.05) is 10.3 Å². The van der Waals surface area contributed by atoms with E-state index in [0.717, 1.165) is 0 Å². The molecule has 0 spiro atoms.